The summed E-state index contributed by atoms with van der Waals surface area (Å²) in [6, 6.07) is 11.1. The summed E-state index contributed by atoms with van der Waals surface area (Å²) >= 11 is 6.00. The largest absolute Gasteiger partial charge is 0.493 e. The number of sulfonamides is 1. The van der Waals surface area contributed by atoms with E-state index in [1.807, 2.05) is 6.07 Å². The maximum Gasteiger partial charge on any atom is 0.243 e. The summed E-state index contributed by atoms with van der Waals surface area (Å²) in [5.41, 5.74) is 0.822. The molecule has 0 bridgehead atoms. The highest BCUT2D eigenvalue weighted by Crippen LogP contribution is 2.32. The molecule has 31 heavy (non-hydrogen) atoms. The number of nitrogens with zero attached hydrogens (tertiary/aromatic N) is 2. The van der Waals surface area contributed by atoms with Crippen molar-refractivity contribution in [3.05, 3.63) is 47.0 Å². The Morgan fingerprint density at radius 2 is 1.81 bits per heavy atom. The Kier molecular flexibility index (Phi) is 7.05. The first-order chi connectivity index (χ1) is 14.8. The van der Waals surface area contributed by atoms with Gasteiger partial charge in [0.2, 0.25) is 15.9 Å². The van der Waals surface area contributed by atoms with Crippen LogP contribution in [0.1, 0.15) is 18.4 Å². The highest BCUT2D eigenvalue weighted by molar-refractivity contribution is 7.89. The number of anilines is 1. The second-order valence-corrected chi connectivity index (χ2v) is 9.34. The Morgan fingerprint density at radius 1 is 1.13 bits per heavy atom. The van der Waals surface area contributed by atoms with E-state index in [4.69, 9.17) is 26.3 Å². The molecule has 1 heterocycles. The van der Waals surface area contributed by atoms with Gasteiger partial charge in [0.05, 0.1) is 29.7 Å². The van der Waals surface area contributed by atoms with Gasteiger partial charge in [-0.3, -0.25) is 4.79 Å². The zero-order valence-electron chi connectivity index (χ0n) is 17.1. The predicted octanol–water partition coefficient (Wildman–Crippen LogP) is 3.27. The Bertz CT molecular complexity index is 1120. The fourth-order valence-corrected chi connectivity index (χ4v) is 5.12. The van der Waals surface area contributed by atoms with Crippen molar-refractivity contribution in [3.8, 4) is 17.6 Å². The van der Waals surface area contributed by atoms with Crippen molar-refractivity contribution < 1.29 is 22.7 Å². The molecule has 0 aromatic heterocycles. The van der Waals surface area contributed by atoms with E-state index in [0.29, 0.717) is 35.6 Å². The Labute approximate surface area is 186 Å². The van der Waals surface area contributed by atoms with E-state index in [-0.39, 0.29) is 34.8 Å². The maximum atomic E-state index is 13.0. The molecule has 0 unspecified atom stereocenters. The molecule has 0 atom stereocenters. The number of halogens is 1. The number of rotatable bonds is 6. The fraction of sp³-hybridized carbons (Fsp3) is 0.333. The van der Waals surface area contributed by atoms with Gasteiger partial charge in [0.25, 0.3) is 0 Å². The van der Waals surface area contributed by atoms with Crippen LogP contribution in [0.4, 0.5) is 5.69 Å². The van der Waals surface area contributed by atoms with Crippen LogP contribution in [0.3, 0.4) is 0 Å². The summed E-state index contributed by atoms with van der Waals surface area (Å²) in [5, 5.41) is 12.0. The van der Waals surface area contributed by atoms with Gasteiger partial charge in [0.15, 0.2) is 11.5 Å². The number of nitrogens with one attached hydrogen (secondary N) is 1. The third-order valence-electron chi connectivity index (χ3n) is 5.17. The molecule has 10 heteroatoms. The number of nitriles is 1. The highest BCUT2D eigenvalue weighted by Gasteiger charge is 2.32. The van der Waals surface area contributed by atoms with Crippen molar-refractivity contribution in [1.29, 1.82) is 5.26 Å². The molecular weight excluding hydrogens is 442 g/mol. The monoisotopic (exact) mass is 463 g/mol. The number of hydrogen-bond donors (Lipinski definition) is 1. The second kappa shape index (κ2) is 9.56. The molecule has 8 nitrogen and oxygen atoms in total. The third-order valence-corrected chi connectivity index (χ3v) is 7.38. The summed E-state index contributed by atoms with van der Waals surface area (Å²) in [5.74, 6) is 0.244. The SMILES string of the molecule is COc1ccc(S(=O)(=O)N2CCC(C(=O)Nc3ccc(C#N)c(Cl)c3)CC2)cc1OC. The van der Waals surface area contributed by atoms with Gasteiger partial charge in [-0.05, 0) is 43.2 Å². The van der Waals surface area contributed by atoms with Crippen LogP contribution < -0.4 is 14.8 Å². The van der Waals surface area contributed by atoms with Crippen molar-refractivity contribution in [3.63, 3.8) is 0 Å². The lowest BCUT2D eigenvalue weighted by atomic mass is 9.97. The Hall–Kier alpha value is -2.80. The molecule has 1 saturated heterocycles. The highest BCUT2D eigenvalue weighted by atomic mass is 35.5. The minimum atomic E-state index is -3.72. The van der Waals surface area contributed by atoms with Crippen molar-refractivity contribution in [2.45, 2.75) is 17.7 Å². The standard InChI is InChI=1S/C21H22ClN3O5S/c1-29-19-6-5-17(12-20(19)30-2)31(27,28)25-9-7-14(8-10-25)21(26)24-16-4-3-15(13-23)18(22)11-16/h3-6,11-12,14H,7-10H2,1-2H3,(H,24,26). The van der Waals surface area contributed by atoms with Crippen molar-refractivity contribution in [1.82, 2.24) is 4.31 Å². The van der Waals surface area contributed by atoms with Crippen LogP contribution in [-0.2, 0) is 14.8 Å². The Balaban J connectivity index is 1.65. The van der Waals surface area contributed by atoms with Gasteiger partial charge >= 0.3 is 0 Å². The minimum Gasteiger partial charge on any atom is -0.493 e. The minimum absolute atomic E-state index is 0.111. The average molecular weight is 464 g/mol. The molecule has 0 saturated carbocycles. The first-order valence-electron chi connectivity index (χ1n) is 9.53. The smallest absolute Gasteiger partial charge is 0.243 e. The fourth-order valence-electron chi connectivity index (χ4n) is 3.41. The van der Waals surface area contributed by atoms with Crippen molar-refractivity contribution in [2.24, 2.45) is 5.92 Å². The first kappa shape index (κ1) is 22.9. The Morgan fingerprint density at radius 3 is 2.39 bits per heavy atom. The molecule has 3 rings (SSSR count). The quantitative estimate of drug-likeness (QED) is 0.704. The number of carbonyl (C=O) groups is 1. The summed E-state index contributed by atoms with van der Waals surface area (Å²) in [6.45, 7) is 0.450. The molecular formula is C21H22ClN3O5S. The number of hydrogen-bond acceptors (Lipinski definition) is 6. The van der Waals surface area contributed by atoms with Gasteiger partial charge in [-0.15, -0.1) is 0 Å². The molecule has 0 spiro atoms. The molecule has 1 fully saturated rings. The number of methoxy groups -OCH3 is 2. The molecule has 1 aliphatic rings. The summed E-state index contributed by atoms with van der Waals surface area (Å²) < 4.78 is 37.7. The number of benzene rings is 2. The van der Waals surface area contributed by atoms with E-state index in [2.05, 4.69) is 5.32 Å². The number of ether oxygens (including phenoxy) is 2. The molecule has 1 aliphatic heterocycles. The van der Waals surface area contributed by atoms with Crippen LogP contribution >= 0.6 is 11.6 Å². The maximum absolute atomic E-state index is 13.0. The lowest BCUT2D eigenvalue weighted by molar-refractivity contribution is -0.120. The topological polar surface area (TPSA) is 109 Å². The van der Waals surface area contributed by atoms with E-state index >= 15 is 0 Å². The molecule has 0 radical (unpaired) electrons. The summed E-state index contributed by atoms with van der Waals surface area (Å²) in [7, 11) is -0.799. The average Bonchev–Trinajstić information content (AvgIpc) is 2.78. The second-order valence-electron chi connectivity index (χ2n) is 6.99. The van der Waals surface area contributed by atoms with Gasteiger partial charge in [-0.2, -0.15) is 9.57 Å². The lowest BCUT2D eigenvalue weighted by Gasteiger charge is -2.30. The van der Waals surface area contributed by atoms with Crippen LogP contribution in [0.25, 0.3) is 0 Å². The molecule has 2 aromatic rings. The lowest BCUT2D eigenvalue weighted by Crippen LogP contribution is -2.41. The van der Waals surface area contributed by atoms with Crippen LogP contribution in [0, 0.1) is 17.2 Å². The number of carbonyl (C=O) groups excluding carboxylic acids is 1. The van der Waals surface area contributed by atoms with Crippen LogP contribution in [-0.4, -0.2) is 45.9 Å². The summed E-state index contributed by atoms with van der Waals surface area (Å²) in [6.07, 6.45) is 0.782. The van der Waals surface area contributed by atoms with Crippen molar-refractivity contribution >= 4 is 33.2 Å². The number of amides is 1. The van der Waals surface area contributed by atoms with Gasteiger partial charge in [-0.25, -0.2) is 8.42 Å². The van der Waals surface area contributed by atoms with Crippen LogP contribution in [0.2, 0.25) is 5.02 Å². The zero-order chi connectivity index (χ0) is 22.6. The van der Waals surface area contributed by atoms with E-state index < -0.39 is 10.0 Å². The van der Waals surface area contributed by atoms with Crippen LogP contribution in [0.15, 0.2) is 41.3 Å². The first-order valence-corrected chi connectivity index (χ1v) is 11.3. The normalized spacial score (nSPS) is 15.2. The molecule has 1 N–H and O–H groups in total. The van der Waals surface area contributed by atoms with E-state index in [1.54, 1.807) is 12.1 Å². The van der Waals surface area contributed by atoms with Crippen LogP contribution in [0.5, 0.6) is 11.5 Å². The van der Waals surface area contributed by atoms with Crippen molar-refractivity contribution in [2.75, 3.05) is 32.6 Å². The van der Waals surface area contributed by atoms with E-state index in [9.17, 15) is 13.2 Å². The zero-order valence-corrected chi connectivity index (χ0v) is 18.7. The molecule has 2 aromatic carbocycles. The van der Waals surface area contributed by atoms with Gasteiger partial charge in [-0.1, -0.05) is 11.6 Å². The summed E-state index contributed by atoms with van der Waals surface area (Å²) in [4.78, 5) is 12.7. The number of piperidine rings is 1. The van der Waals surface area contributed by atoms with Gasteiger partial charge < -0.3 is 14.8 Å². The van der Waals surface area contributed by atoms with Gasteiger partial charge in [0, 0.05) is 30.8 Å². The van der Waals surface area contributed by atoms with Gasteiger partial charge in [0.1, 0.15) is 6.07 Å². The molecule has 0 aliphatic carbocycles. The van der Waals surface area contributed by atoms with E-state index in [0.717, 1.165) is 0 Å². The van der Waals surface area contributed by atoms with E-state index in [1.165, 1.54) is 42.8 Å². The third kappa shape index (κ3) is 4.93. The molecule has 164 valence electrons. The molecule has 1 amide bonds. The predicted molar refractivity (Wildman–Crippen MR) is 116 cm³/mol.